The van der Waals surface area contributed by atoms with E-state index in [-0.39, 0.29) is 5.41 Å². The minimum Gasteiger partial charge on any atom is -0.480 e. The van der Waals surface area contributed by atoms with Gasteiger partial charge in [-0.05, 0) is 63.2 Å². The Morgan fingerprint density at radius 3 is 2.35 bits per heavy atom. The van der Waals surface area contributed by atoms with E-state index < -0.39 is 12.0 Å². The fourth-order valence-electron chi connectivity index (χ4n) is 5.57. The molecule has 0 aliphatic heterocycles. The molecule has 4 saturated carbocycles. The van der Waals surface area contributed by atoms with Crippen LogP contribution < -0.4 is 0 Å². The van der Waals surface area contributed by atoms with Gasteiger partial charge in [0, 0.05) is 17.3 Å². The van der Waals surface area contributed by atoms with Crippen molar-refractivity contribution in [1.82, 2.24) is 9.55 Å². The van der Waals surface area contributed by atoms with Gasteiger partial charge in [0.25, 0.3) is 0 Å². The highest BCUT2D eigenvalue weighted by Gasteiger charge is 2.53. The van der Waals surface area contributed by atoms with Gasteiger partial charge in [-0.3, -0.25) is 0 Å². The zero-order chi connectivity index (χ0) is 13.9. The second-order valence-electron chi connectivity index (χ2n) is 7.40. The Bertz CT molecular complexity index is 513. The van der Waals surface area contributed by atoms with Crippen molar-refractivity contribution in [2.24, 2.45) is 17.8 Å². The second kappa shape index (κ2) is 4.09. The fourth-order valence-corrected chi connectivity index (χ4v) is 5.57. The van der Waals surface area contributed by atoms with Gasteiger partial charge in [-0.25, -0.2) is 9.78 Å². The molecular formula is C16H22N2O2. The van der Waals surface area contributed by atoms with Crippen LogP contribution in [0, 0.1) is 17.8 Å². The molecule has 4 heteroatoms. The zero-order valence-electron chi connectivity index (χ0n) is 12.0. The summed E-state index contributed by atoms with van der Waals surface area (Å²) in [6.45, 7) is 1.76. The van der Waals surface area contributed by atoms with E-state index in [1.165, 1.54) is 44.2 Å². The first-order valence-corrected chi connectivity index (χ1v) is 7.82. The molecule has 0 saturated heterocycles. The SMILES string of the molecule is CC(C(=O)O)n1cncc1C12CC3CC(CC(C3)C1)C2. The van der Waals surface area contributed by atoms with Crippen LogP contribution in [-0.4, -0.2) is 20.6 Å². The van der Waals surface area contributed by atoms with E-state index >= 15 is 0 Å². The van der Waals surface area contributed by atoms with Gasteiger partial charge in [0.1, 0.15) is 6.04 Å². The van der Waals surface area contributed by atoms with Crippen LogP contribution in [0.25, 0.3) is 0 Å². The van der Waals surface area contributed by atoms with Crippen LogP contribution in [0.1, 0.15) is 57.2 Å². The van der Waals surface area contributed by atoms with E-state index in [9.17, 15) is 9.90 Å². The molecule has 1 aromatic rings. The third-order valence-corrected chi connectivity index (χ3v) is 6.02. The number of imidazole rings is 1. The minimum absolute atomic E-state index is 0.217. The number of hydrogen-bond acceptors (Lipinski definition) is 2. The summed E-state index contributed by atoms with van der Waals surface area (Å²) in [5.41, 5.74) is 1.40. The molecule has 0 amide bonds. The predicted octanol–water partition coefficient (Wildman–Crippen LogP) is 3.00. The Hall–Kier alpha value is -1.32. The quantitative estimate of drug-likeness (QED) is 0.921. The first-order valence-electron chi connectivity index (χ1n) is 7.82. The summed E-state index contributed by atoms with van der Waals surface area (Å²) in [7, 11) is 0. The number of aliphatic carboxylic acids is 1. The first kappa shape index (κ1) is 12.4. The summed E-state index contributed by atoms with van der Waals surface area (Å²) in [6.07, 6.45) is 11.6. The van der Waals surface area contributed by atoms with E-state index in [0.29, 0.717) is 0 Å². The molecule has 4 bridgehead atoms. The Balaban J connectivity index is 1.74. The van der Waals surface area contributed by atoms with Crippen LogP contribution in [0.2, 0.25) is 0 Å². The van der Waals surface area contributed by atoms with Gasteiger partial charge >= 0.3 is 5.97 Å². The molecule has 1 aromatic heterocycles. The van der Waals surface area contributed by atoms with Gasteiger partial charge in [0.15, 0.2) is 0 Å². The van der Waals surface area contributed by atoms with E-state index in [1.807, 2.05) is 10.8 Å². The highest BCUT2D eigenvalue weighted by atomic mass is 16.4. The van der Waals surface area contributed by atoms with Crippen molar-refractivity contribution in [1.29, 1.82) is 0 Å². The van der Waals surface area contributed by atoms with Gasteiger partial charge in [-0.15, -0.1) is 0 Å². The largest absolute Gasteiger partial charge is 0.480 e. The number of nitrogens with zero attached hydrogens (tertiary/aromatic N) is 2. The lowest BCUT2D eigenvalue weighted by molar-refractivity contribution is -0.140. The first-order chi connectivity index (χ1) is 9.57. The van der Waals surface area contributed by atoms with Crippen LogP contribution in [0.5, 0.6) is 0 Å². The molecule has 4 nitrogen and oxygen atoms in total. The molecule has 5 rings (SSSR count). The Morgan fingerprint density at radius 2 is 1.85 bits per heavy atom. The molecule has 0 spiro atoms. The maximum absolute atomic E-state index is 11.3. The van der Waals surface area contributed by atoms with Gasteiger partial charge < -0.3 is 9.67 Å². The summed E-state index contributed by atoms with van der Waals surface area (Å²) >= 11 is 0. The van der Waals surface area contributed by atoms with Crippen molar-refractivity contribution in [3.8, 4) is 0 Å². The Kier molecular flexibility index (Phi) is 2.54. The maximum Gasteiger partial charge on any atom is 0.326 e. The van der Waals surface area contributed by atoms with E-state index in [1.54, 1.807) is 13.3 Å². The lowest BCUT2D eigenvalue weighted by atomic mass is 9.49. The van der Waals surface area contributed by atoms with E-state index in [2.05, 4.69) is 4.98 Å². The minimum atomic E-state index is -0.769. The number of rotatable bonds is 3. The average molecular weight is 274 g/mol. The highest BCUT2D eigenvalue weighted by Crippen LogP contribution is 2.60. The van der Waals surface area contributed by atoms with Crippen molar-refractivity contribution in [2.75, 3.05) is 0 Å². The summed E-state index contributed by atoms with van der Waals surface area (Å²) in [4.78, 5) is 15.6. The predicted molar refractivity (Wildman–Crippen MR) is 74.4 cm³/mol. The molecule has 0 radical (unpaired) electrons. The molecule has 1 atom stereocenters. The van der Waals surface area contributed by atoms with Gasteiger partial charge in [-0.1, -0.05) is 0 Å². The molecule has 0 aromatic carbocycles. The molecule has 4 fully saturated rings. The van der Waals surface area contributed by atoms with Crippen molar-refractivity contribution in [2.45, 2.75) is 56.9 Å². The van der Waals surface area contributed by atoms with Crippen molar-refractivity contribution in [3.63, 3.8) is 0 Å². The molecule has 4 aliphatic rings. The van der Waals surface area contributed by atoms with Crippen LogP contribution >= 0.6 is 0 Å². The normalized spacial score (nSPS) is 40.0. The maximum atomic E-state index is 11.3. The second-order valence-corrected chi connectivity index (χ2v) is 7.40. The monoisotopic (exact) mass is 274 g/mol. The molecule has 20 heavy (non-hydrogen) atoms. The van der Waals surface area contributed by atoms with Gasteiger partial charge in [0.05, 0.1) is 6.33 Å². The van der Waals surface area contributed by atoms with Crippen LogP contribution in [0.3, 0.4) is 0 Å². The smallest absolute Gasteiger partial charge is 0.326 e. The third kappa shape index (κ3) is 1.66. The summed E-state index contributed by atoms with van der Waals surface area (Å²) < 4.78 is 1.91. The topological polar surface area (TPSA) is 55.1 Å². The molecule has 1 heterocycles. The van der Waals surface area contributed by atoms with E-state index in [4.69, 9.17) is 0 Å². The van der Waals surface area contributed by atoms with Gasteiger partial charge in [-0.2, -0.15) is 0 Å². The number of carbonyl (C=O) groups is 1. The van der Waals surface area contributed by atoms with Crippen LogP contribution in [0.4, 0.5) is 0 Å². The molecule has 4 aliphatic carbocycles. The average Bonchev–Trinajstić information content (AvgIpc) is 2.85. The molecule has 108 valence electrons. The van der Waals surface area contributed by atoms with Crippen molar-refractivity contribution in [3.05, 3.63) is 18.2 Å². The van der Waals surface area contributed by atoms with Crippen molar-refractivity contribution >= 4 is 5.97 Å². The molecule has 1 N–H and O–H groups in total. The lowest BCUT2D eigenvalue weighted by Gasteiger charge is -2.57. The highest BCUT2D eigenvalue weighted by molar-refractivity contribution is 5.71. The number of carboxylic acids is 1. The number of hydrogen-bond donors (Lipinski definition) is 1. The number of carboxylic acid groups (broad SMARTS) is 1. The third-order valence-electron chi connectivity index (χ3n) is 6.02. The Labute approximate surface area is 119 Å². The summed E-state index contributed by atoms with van der Waals surface area (Å²) in [5.74, 6) is 1.83. The summed E-state index contributed by atoms with van der Waals surface area (Å²) in [5, 5.41) is 9.31. The van der Waals surface area contributed by atoms with E-state index in [0.717, 1.165) is 17.8 Å². The van der Waals surface area contributed by atoms with Crippen LogP contribution in [0.15, 0.2) is 12.5 Å². The number of aromatic nitrogens is 2. The standard InChI is InChI=1S/C16H22N2O2/c1-10(15(19)20)18-9-17-8-14(18)16-5-11-2-12(6-16)4-13(3-11)7-16/h8-13H,2-7H2,1H3,(H,19,20). The van der Waals surface area contributed by atoms with Gasteiger partial charge in [0.2, 0.25) is 0 Å². The van der Waals surface area contributed by atoms with Crippen LogP contribution in [-0.2, 0) is 10.2 Å². The molecular weight excluding hydrogens is 252 g/mol. The Morgan fingerprint density at radius 1 is 1.30 bits per heavy atom. The molecule has 1 unspecified atom stereocenters. The van der Waals surface area contributed by atoms with Crippen molar-refractivity contribution < 1.29 is 9.90 Å². The fraction of sp³-hybridized carbons (Fsp3) is 0.750. The summed E-state index contributed by atoms with van der Waals surface area (Å²) in [6, 6.07) is -0.513. The zero-order valence-corrected chi connectivity index (χ0v) is 12.0. The lowest BCUT2D eigenvalue weighted by Crippen LogP contribution is -2.49.